The number of fused-ring (bicyclic) bond motifs is 1. The second-order valence-electron chi connectivity index (χ2n) is 6.46. The molecular formula is C18H21N5O. The van der Waals surface area contributed by atoms with Crippen LogP contribution in [0, 0.1) is 0 Å². The SMILES string of the molecule is Oc1nc(NC2CCCCCC2)[nH]c1C=c1ccc2c(c1)C=NN=2. The lowest BCUT2D eigenvalue weighted by atomic mass is 10.1. The fraction of sp³-hybridized carbons (Fsp3) is 0.389. The highest BCUT2D eigenvalue weighted by Crippen LogP contribution is 2.22. The summed E-state index contributed by atoms with van der Waals surface area (Å²) < 4.78 is 0. The summed E-state index contributed by atoms with van der Waals surface area (Å²) in [6, 6.07) is 6.31. The Morgan fingerprint density at radius 3 is 2.83 bits per heavy atom. The summed E-state index contributed by atoms with van der Waals surface area (Å²) in [6.07, 6.45) is 11.1. The van der Waals surface area contributed by atoms with Crippen LogP contribution in [0.1, 0.15) is 49.8 Å². The van der Waals surface area contributed by atoms with Gasteiger partial charge in [0.1, 0.15) is 5.69 Å². The first-order valence-electron chi connectivity index (χ1n) is 8.56. The van der Waals surface area contributed by atoms with E-state index in [1.54, 1.807) is 6.21 Å². The van der Waals surface area contributed by atoms with E-state index >= 15 is 0 Å². The molecule has 0 saturated heterocycles. The third-order valence-corrected chi connectivity index (χ3v) is 4.63. The van der Waals surface area contributed by atoms with Gasteiger partial charge in [-0.15, -0.1) is 0 Å². The molecule has 2 aromatic rings. The maximum Gasteiger partial charge on any atom is 0.238 e. The Hall–Kier alpha value is -2.63. The third kappa shape index (κ3) is 3.18. The number of hydrogen-bond donors (Lipinski definition) is 3. The molecule has 0 radical (unpaired) electrons. The van der Waals surface area contributed by atoms with E-state index < -0.39 is 0 Å². The number of anilines is 1. The molecule has 6 nitrogen and oxygen atoms in total. The predicted molar refractivity (Wildman–Crippen MR) is 93.7 cm³/mol. The van der Waals surface area contributed by atoms with Crippen LogP contribution in [0.3, 0.4) is 0 Å². The molecule has 0 unspecified atom stereocenters. The molecule has 0 bridgehead atoms. The predicted octanol–water partition coefficient (Wildman–Crippen LogP) is 2.05. The minimum atomic E-state index is 0.0185. The van der Waals surface area contributed by atoms with Gasteiger partial charge in [0.25, 0.3) is 0 Å². The van der Waals surface area contributed by atoms with Gasteiger partial charge in [0.2, 0.25) is 11.8 Å². The van der Waals surface area contributed by atoms with Crippen LogP contribution < -0.4 is 15.9 Å². The number of aromatic amines is 1. The van der Waals surface area contributed by atoms with Crippen LogP contribution in [0.4, 0.5) is 5.95 Å². The van der Waals surface area contributed by atoms with Crippen LogP contribution in [-0.2, 0) is 0 Å². The number of benzene rings is 1. The minimum Gasteiger partial charge on any atom is -0.492 e. The van der Waals surface area contributed by atoms with Crippen LogP contribution in [-0.4, -0.2) is 27.3 Å². The van der Waals surface area contributed by atoms with Gasteiger partial charge in [-0.1, -0.05) is 31.7 Å². The van der Waals surface area contributed by atoms with Crippen molar-refractivity contribution in [3.05, 3.63) is 40.0 Å². The number of aromatic nitrogens is 2. The van der Waals surface area contributed by atoms with Crippen molar-refractivity contribution in [1.29, 1.82) is 0 Å². The largest absolute Gasteiger partial charge is 0.492 e. The molecule has 1 fully saturated rings. The van der Waals surface area contributed by atoms with Crippen molar-refractivity contribution in [2.24, 2.45) is 10.2 Å². The Bertz CT molecular complexity index is 875. The molecule has 0 atom stereocenters. The summed E-state index contributed by atoms with van der Waals surface area (Å²) in [7, 11) is 0. The van der Waals surface area contributed by atoms with Gasteiger partial charge in [0.05, 0.1) is 11.6 Å². The van der Waals surface area contributed by atoms with Crippen molar-refractivity contribution in [2.45, 2.75) is 44.6 Å². The molecule has 6 heteroatoms. The van der Waals surface area contributed by atoms with E-state index in [0.29, 0.717) is 17.7 Å². The van der Waals surface area contributed by atoms with Crippen molar-refractivity contribution >= 4 is 18.2 Å². The highest BCUT2D eigenvalue weighted by atomic mass is 16.3. The number of nitrogens with one attached hydrogen (secondary N) is 2. The Morgan fingerprint density at radius 2 is 2.00 bits per heavy atom. The molecule has 1 aliphatic carbocycles. The van der Waals surface area contributed by atoms with Gasteiger partial charge in [-0.05, 0) is 36.3 Å². The van der Waals surface area contributed by atoms with Crippen LogP contribution >= 0.6 is 0 Å². The Kier molecular flexibility index (Phi) is 4.02. The van der Waals surface area contributed by atoms with Crippen LogP contribution in [0.25, 0.3) is 6.08 Å². The van der Waals surface area contributed by atoms with E-state index in [-0.39, 0.29) is 5.88 Å². The molecule has 1 aromatic carbocycles. The Labute approximate surface area is 140 Å². The fourth-order valence-corrected chi connectivity index (χ4v) is 3.34. The van der Waals surface area contributed by atoms with Crippen LogP contribution in [0.2, 0.25) is 0 Å². The summed E-state index contributed by atoms with van der Waals surface area (Å²) in [5, 5.41) is 23.3. The zero-order valence-electron chi connectivity index (χ0n) is 13.5. The van der Waals surface area contributed by atoms with Gasteiger partial charge in [0.15, 0.2) is 0 Å². The lowest BCUT2D eigenvalue weighted by molar-refractivity contribution is 0.455. The highest BCUT2D eigenvalue weighted by Gasteiger charge is 2.14. The van der Waals surface area contributed by atoms with Gasteiger partial charge in [-0.25, -0.2) is 0 Å². The molecule has 4 rings (SSSR count). The first-order valence-corrected chi connectivity index (χ1v) is 8.56. The zero-order chi connectivity index (χ0) is 16.4. The number of aromatic hydroxyl groups is 1. The average molecular weight is 323 g/mol. The van der Waals surface area contributed by atoms with E-state index in [1.807, 2.05) is 24.3 Å². The molecule has 124 valence electrons. The van der Waals surface area contributed by atoms with E-state index in [4.69, 9.17) is 0 Å². The smallest absolute Gasteiger partial charge is 0.238 e. The first-order chi connectivity index (χ1) is 11.8. The number of imidazole rings is 1. The van der Waals surface area contributed by atoms with Crippen molar-refractivity contribution < 1.29 is 5.11 Å². The van der Waals surface area contributed by atoms with E-state index in [9.17, 15) is 5.11 Å². The molecule has 1 aromatic heterocycles. The Balaban J connectivity index is 1.56. The molecule has 2 aliphatic rings. The zero-order valence-corrected chi connectivity index (χ0v) is 13.5. The summed E-state index contributed by atoms with van der Waals surface area (Å²) >= 11 is 0. The van der Waals surface area contributed by atoms with Gasteiger partial charge < -0.3 is 15.4 Å². The normalized spacial score (nSPS) is 18.2. The summed E-state index contributed by atoms with van der Waals surface area (Å²) in [6.45, 7) is 0. The van der Waals surface area contributed by atoms with Crippen molar-refractivity contribution in [2.75, 3.05) is 5.32 Å². The van der Waals surface area contributed by atoms with Gasteiger partial charge in [-0.2, -0.15) is 15.2 Å². The minimum absolute atomic E-state index is 0.0185. The van der Waals surface area contributed by atoms with E-state index in [2.05, 4.69) is 25.5 Å². The summed E-state index contributed by atoms with van der Waals surface area (Å²) in [5.74, 6) is 0.661. The van der Waals surface area contributed by atoms with Crippen molar-refractivity contribution in [3.63, 3.8) is 0 Å². The standard InChI is InChI=1S/C18H21N5O/c24-17-16(10-12-7-8-15-13(9-12)11-19-23-15)21-18(22-17)20-14-5-3-1-2-4-6-14/h7-11,14,24H,1-6H2,(H2,20,21,22). The summed E-state index contributed by atoms with van der Waals surface area (Å²) in [5.41, 5.74) is 1.59. The third-order valence-electron chi connectivity index (χ3n) is 4.63. The molecule has 1 saturated carbocycles. The van der Waals surface area contributed by atoms with E-state index in [1.165, 1.54) is 25.7 Å². The number of nitrogens with zero attached hydrogens (tertiary/aromatic N) is 3. The van der Waals surface area contributed by atoms with Crippen molar-refractivity contribution in [1.82, 2.24) is 9.97 Å². The average Bonchev–Trinajstić information content (AvgIpc) is 3.07. The second kappa shape index (κ2) is 6.47. The topological polar surface area (TPSA) is 85.7 Å². The lowest BCUT2D eigenvalue weighted by Crippen LogP contribution is -2.19. The quantitative estimate of drug-likeness (QED) is 0.756. The van der Waals surface area contributed by atoms with Crippen LogP contribution in [0.5, 0.6) is 5.88 Å². The van der Waals surface area contributed by atoms with Gasteiger partial charge in [0, 0.05) is 11.6 Å². The van der Waals surface area contributed by atoms with Crippen molar-refractivity contribution in [3.8, 4) is 5.88 Å². The highest BCUT2D eigenvalue weighted by molar-refractivity contribution is 5.80. The van der Waals surface area contributed by atoms with Gasteiger partial charge in [-0.3, -0.25) is 0 Å². The first kappa shape index (κ1) is 14.9. The number of rotatable bonds is 3. The maximum atomic E-state index is 10.1. The summed E-state index contributed by atoms with van der Waals surface area (Å²) in [4.78, 5) is 7.40. The molecule has 0 spiro atoms. The molecule has 0 amide bonds. The van der Waals surface area contributed by atoms with Crippen LogP contribution in [0.15, 0.2) is 28.4 Å². The van der Waals surface area contributed by atoms with E-state index in [0.717, 1.165) is 29.0 Å². The Morgan fingerprint density at radius 1 is 1.17 bits per heavy atom. The molecule has 2 heterocycles. The van der Waals surface area contributed by atoms with Gasteiger partial charge >= 0.3 is 0 Å². The number of hydrogen-bond acceptors (Lipinski definition) is 5. The fourth-order valence-electron chi connectivity index (χ4n) is 3.34. The number of H-pyrrole nitrogens is 1. The molecule has 1 aliphatic heterocycles. The lowest BCUT2D eigenvalue weighted by Gasteiger charge is -2.14. The molecule has 24 heavy (non-hydrogen) atoms. The molecular weight excluding hydrogens is 302 g/mol. The molecule has 3 N–H and O–H groups in total. The second-order valence-corrected chi connectivity index (χ2v) is 6.46. The maximum absolute atomic E-state index is 10.1. The monoisotopic (exact) mass is 323 g/mol.